The third-order valence-electron chi connectivity index (χ3n) is 3.19. The number of nitrogens with one attached hydrogen (secondary N) is 1. The number of benzene rings is 1. The SMILES string of the molecule is CS(=O)(=O)Nc1ccc(C(=O)OCc2cn3ccccc3n2)cc1. The van der Waals surface area contributed by atoms with Gasteiger partial charge in [-0.3, -0.25) is 4.72 Å². The highest BCUT2D eigenvalue weighted by Gasteiger charge is 2.10. The molecule has 124 valence electrons. The Morgan fingerprint density at radius 3 is 2.62 bits per heavy atom. The molecule has 0 bridgehead atoms. The molecule has 0 aliphatic carbocycles. The van der Waals surface area contributed by atoms with Crippen molar-refractivity contribution in [3.05, 3.63) is 66.1 Å². The summed E-state index contributed by atoms with van der Waals surface area (Å²) in [6.45, 7) is 0.0594. The van der Waals surface area contributed by atoms with Crippen LogP contribution in [0.25, 0.3) is 5.65 Å². The number of ether oxygens (including phenoxy) is 1. The van der Waals surface area contributed by atoms with Crippen LogP contribution in [-0.2, 0) is 21.4 Å². The first-order chi connectivity index (χ1) is 11.4. The van der Waals surface area contributed by atoms with Crippen molar-refractivity contribution < 1.29 is 17.9 Å². The summed E-state index contributed by atoms with van der Waals surface area (Å²) in [7, 11) is -3.35. The summed E-state index contributed by atoms with van der Waals surface area (Å²) < 4.78 is 31.7. The lowest BCUT2D eigenvalue weighted by Crippen LogP contribution is -2.10. The Bertz CT molecular complexity index is 945. The molecule has 3 rings (SSSR count). The average Bonchev–Trinajstić information content (AvgIpc) is 2.94. The number of hydrogen-bond donors (Lipinski definition) is 1. The van der Waals surface area contributed by atoms with Crippen LogP contribution in [-0.4, -0.2) is 30.0 Å². The van der Waals surface area contributed by atoms with Crippen LogP contribution in [0.15, 0.2) is 54.9 Å². The fourth-order valence-electron chi connectivity index (χ4n) is 2.17. The minimum absolute atomic E-state index is 0.0594. The van der Waals surface area contributed by atoms with Crippen molar-refractivity contribution in [1.29, 1.82) is 0 Å². The summed E-state index contributed by atoms with van der Waals surface area (Å²) in [5.74, 6) is -0.502. The first kappa shape index (κ1) is 16.0. The van der Waals surface area contributed by atoms with Gasteiger partial charge in [0.05, 0.1) is 17.5 Å². The number of fused-ring (bicyclic) bond motifs is 1. The van der Waals surface area contributed by atoms with E-state index in [0.717, 1.165) is 11.9 Å². The molecule has 0 fully saturated rings. The van der Waals surface area contributed by atoms with Gasteiger partial charge in [-0.05, 0) is 36.4 Å². The van der Waals surface area contributed by atoms with Gasteiger partial charge in [-0.1, -0.05) is 6.07 Å². The highest BCUT2D eigenvalue weighted by atomic mass is 32.2. The van der Waals surface area contributed by atoms with Crippen LogP contribution in [0.5, 0.6) is 0 Å². The molecule has 3 aromatic rings. The van der Waals surface area contributed by atoms with Gasteiger partial charge in [0.1, 0.15) is 12.3 Å². The third kappa shape index (κ3) is 3.90. The number of nitrogens with zero attached hydrogens (tertiary/aromatic N) is 2. The first-order valence-corrected chi connectivity index (χ1v) is 8.97. The topological polar surface area (TPSA) is 89.8 Å². The molecule has 0 saturated heterocycles. The Kier molecular flexibility index (Phi) is 4.22. The van der Waals surface area contributed by atoms with E-state index in [1.54, 1.807) is 6.20 Å². The molecular weight excluding hydrogens is 330 g/mol. The number of carbonyl (C=O) groups excluding carboxylic acids is 1. The molecule has 0 unspecified atom stereocenters. The molecule has 0 atom stereocenters. The van der Waals surface area contributed by atoms with Gasteiger partial charge in [-0.2, -0.15) is 0 Å². The second kappa shape index (κ2) is 6.32. The van der Waals surface area contributed by atoms with E-state index in [-0.39, 0.29) is 6.61 Å². The van der Waals surface area contributed by atoms with Gasteiger partial charge in [0.2, 0.25) is 10.0 Å². The quantitative estimate of drug-likeness (QED) is 0.715. The van der Waals surface area contributed by atoms with Crippen LogP contribution in [0.1, 0.15) is 16.1 Å². The zero-order valence-electron chi connectivity index (χ0n) is 12.8. The highest BCUT2D eigenvalue weighted by Crippen LogP contribution is 2.13. The van der Waals surface area contributed by atoms with Crippen molar-refractivity contribution in [2.45, 2.75) is 6.61 Å². The Balaban J connectivity index is 1.64. The van der Waals surface area contributed by atoms with E-state index < -0.39 is 16.0 Å². The molecule has 24 heavy (non-hydrogen) atoms. The predicted octanol–water partition coefficient (Wildman–Crippen LogP) is 2.06. The first-order valence-electron chi connectivity index (χ1n) is 7.08. The highest BCUT2D eigenvalue weighted by molar-refractivity contribution is 7.92. The Morgan fingerprint density at radius 2 is 1.96 bits per heavy atom. The molecule has 0 saturated carbocycles. The second-order valence-corrected chi connectivity index (χ2v) is 6.97. The molecule has 0 spiro atoms. The molecule has 0 radical (unpaired) electrons. The molecule has 1 N–H and O–H groups in total. The van der Waals surface area contributed by atoms with Crippen molar-refractivity contribution in [3.63, 3.8) is 0 Å². The number of pyridine rings is 1. The van der Waals surface area contributed by atoms with Crippen molar-refractivity contribution in [3.8, 4) is 0 Å². The van der Waals surface area contributed by atoms with Gasteiger partial charge in [-0.25, -0.2) is 18.2 Å². The molecule has 7 nitrogen and oxygen atoms in total. The summed E-state index contributed by atoms with van der Waals surface area (Å²) in [5, 5.41) is 0. The minimum atomic E-state index is -3.35. The van der Waals surface area contributed by atoms with Crippen molar-refractivity contribution >= 4 is 27.3 Å². The lowest BCUT2D eigenvalue weighted by molar-refractivity contribution is 0.0468. The van der Waals surface area contributed by atoms with Crippen molar-refractivity contribution in [2.24, 2.45) is 0 Å². The summed E-state index contributed by atoms with van der Waals surface area (Å²) in [4.78, 5) is 16.4. The lowest BCUT2D eigenvalue weighted by Gasteiger charge is -2.05. The molecule has 1 aromatic carbocycles. The molecule has 0 aliphatic rings. The van der Waals surface area contributed by atoms with E-state index in [1.807, 2.05) is 28.8 Å². The van der Waals surface area contributed by atoms with Crippen LogP contribution in [0, 0.1) is 0 Å². The number of hydrogen-bond acceptors (Lipinski definition) is 5. The number of sulfonamides is 1. The molecule has 2 heterocycles. The number of rotatable bonds is 5. The Morgan fingerprint density at radius 1 is 1.21 bits per heavy atom. The number of carbonyl (C=O) groups is 1. The van der Waals surface area contributed by atoms with Gasteiger partial charge >= 0.3 is 5.97 Å². The molecule has 0 aliphatic heterocycles. The Labute approximate surface area is 139 Å². The summed E-state index contributed by atoms with van der Waals surface area (Å²) in [6.07, 6.45) is 4.72. The maximum Gasteiger partial charge on any atom is 0.338 e. The monoisotopic (exact) mass is 345 g/mol. The van der Waals surface area contributed by atoms with Gasteiger partial charge in [0, 0.05) is 18.1 Å². The van der Waals surface area contributed by atoms with E-state index in [1.165, 1.54) is 24.3 Å². The summed E-state index contributed by atoms with van der Waals surface area (Å²) in [6, 6.07) is 11.6. The van der Waals surface area contributed by atoms with Crippen LogP contribution >= 0.6 is 0 Å². The van der Waals surface area contributed by atoms with Crippen LogP contribution in [0.3, 0.4) is 0 Å². The van der Waals surface area contributed by atoms with E-state index in [9.17, 15) is 13.2 Å². The van der Waals surface area contributed by atoms with Gasteiger partial charge < -0.3 is 9.14 Å². The summed E-state index contributed by atoms with van der Waals surface area (Å²) in [5.41, 5.74) is 2.14. The molecular formula is C16H15N3O4S. The smallest absolute Gasteiger partial charge is 0.338 e. The molecule has 8 heteroatoms. The van der Waals surface area contributed by atoms with Crippen molar-refractivity contribution in [1.82, 2.24) is 9.38 Å². The third-order valence-corrected chi connectivity index (χ3v) is 3.80. The maximum atomic E-state index is 12.0. The predicted molar refractivity (Wildman–Crippen MR) is 89.2 cm³/mol. The number of imidazole rings is 1. The van der Waals surface area contributed by atoms with E-state index in [0.29, 0.717) is 16.9 Å². The fraction of sp³-hybridized carbons (Fsp3) is 0.125. The van der Waals surface area contributed by atoms with E-state index >= 15 is 0 Å². The van der Waals surface area contributed by atoms with Crippen LogP contribution in [0.2, 0.25) is 0 Å². The average molecular weight is 345 g/mol. The zero-order chi connectivity index (χ0) is 17.2. The van der Waals surface area contributed by atoms with Crippen LogP contribution < -0.4 is 4.72 Å². The standard InChI is InChI=1S/C16H15N3O4S/c1-24(21,22)18-13-7-5-12(6-8-13)16(20)23-11-14-10-19-9-3-2-4-15(19)17-14/h2-10,18H,11H2,1H3. The zero-order valence-corrected chi connectivity index (χ0v) is 13.7. The normalized spacial score (nSPS) is 11.4. The number of aromatic nitrogens is 2. The summed E-state index contributed by atoms with van der Waals surface area (Å²) >= 11 is 0. The molecule has 0 amide bonds. The van der Waals surface area contributed by atoms with E-state index in [2.05, 4.69) is 9.71 Å². The lowest BCUT2D eigenvalue weighted by atomic mass is 10.2. The van der Waals surface area contributed by atoms with Gasteiger partial charge in [0.15, 0.2) is 0 Å². The minimum Gasteiger partial charge on any atom is -0.456 e. The number of anilines is 1. The second-order valence-electron chi connectivity index (χ2n) is 5.23. The maximum absolute atomic E-state index is 12.0. The fourth-order valence-corrected chi connectivity index (χ4v) is 2.73. The van der Waals surface area contributed by atoms with Crippen LogP contribution in [0.4, 0.5) is 5.69 Å². The van der Waals surface area contributed by atoms with E-state index in [4.69, 9.17) is 4.74 Å². The Hall–Kier alpha value is -2.87. The molecule has 2 aromatic heterocycles. The van der Waals surface area contributed by atoms with Crippen molar-refractivity contribution in [2.75, 3.05) is 11.0 Å². The van der Waals surface area contributed by atoms with Gasteiger partial charge in [0.25, 0.3) is 0 Å². The number of esters is 1. The van der Waals surface area contributed by atoms with Gasteiger partial charge in [-0.15, -0.1) is 0 Å². The largest absolute Gasteiger partial charge is 0.456 e.